The molecule has 158 valence electrons. The third kappa shape index (κ3) is 4.20. The van der Waals surface area contributed by atoms with Crippen LogP contribution in [0.4, 0.5) is 10.8 Å². The highest BCUT2D eigenvalue weighted by Crippen LogP contribution is 2.34. The van der Waals surface area contributed by atoms with Gasteiger partial charge in [0.1, 0.15) is 4.21 Å². The Hall–Kier alpha value is -2.07. The topological polar surface area (TPSA) is 70.6 Å². The quantitative estimate of drug-likeness (QED) is 0.557. The Kier molecular flexibility index (Phi) is 6.06. The molecule has 0 N–H and O–H groups in total. The lowest BCUT2D eigenvalue weighted by molar-refractivity contribution is -0.122. The van der Waals surface area contributed by atoms with Crippen LogP contribution < -0.4 is 4.90 Å². The average molecular weight is 462 g/mol. The number of piperidine rings is 1. The van der Waals surface area contributed by atoms with Crippen LogP contribution in [-0.4, -0.2) is 36.7 Å². The SMILES string of the molecule is Cc1csc(N(C(=O)C2CCCN(S(=O)(=O)c3ccc(C)s3)C2)c2ccccc2)n1. The maximum Gasteiger partial charge on any atom is 0.252 e. The first-order valence-electron chi connectivity index (χ1n) is 9.74. The summed E-state index contributed by atoms with van der Waals surface area (Å²) in [5.74, 6) is -0.531. The Bertz CT molecular complexity index is 1140. The smallest absolute Gasteiger partial charge is 0.252 e. The van der Waals surface area contributed by atoms with Crippen molar-refractivity contribution in [3.63, 3.8) is 0 Å². The number of carbonyl (C=O) groups is 1. The van der Waals surface area contributed by atoms with Gasteiger partial charge in [0.25, 0.3) is 10.0 Å². The first kappa shape index (κ1) is 21.2. The van der Waals surface area contributed by atoms with E-state index in [4.69, 9.17) is 0 Å². The van der Waals surface area contributed by atoms with E-state index in [-0.39, 0.29) is 12.5 Å². The molecular formula is C21H23N3O3S3. The highest BCUT2D eigenvalue weighted by molar-refractivity contribution is 7.91. The Morgan fingerprint density at radius 2 is 1.93 bits per heavy atom. The lowest BCUT2D eigenvalue weighted by Crippen LogP contribution is -2.45. The molecule has 1 unspecified atom stereocenters. The minimum absolute atomic E-state index is 0.113. The molecule has 0 bridgehead atoms. The number of anilines is 2. The maximum atomic E-state index is 13.6. The molecule has 6 nitrogen and oxygen atoms in total. The molecule has 9 heteroatoms. The summed E-state index contributed by atoms with van der Waals surface area (Å²) in [6.45, 7) is 4.40. The molecule has 1 amide bonds. The second kappa shape index (κ2) is 8.58. The van der Waals surface area contributed by atoms with E-state index in [0.29, 0.717) is 28.7 Å². The number of rotatable bonds is 5. The number of aromatic nitrogens is 1. The molecule has 1 aliphatic heterocycles. The van der Waals surface area contributed by atoms with Crippen LogP contribution in [0, 0.1) is 19.8 Å². The zero-order valence-electron chi connectivity index (χ0n) is 16.8. The minimum atomic E-state index is -3.59. The van der Waals surface area contributed by atoms with Gasteiger partial charge in [0, 0.05) is 23.3 Å². The van der Waals surface area contributed by atoms with E-state index in [9.17, 15) is 13.2 Å². The van der Waals surface area contributed by atoms with Gasteiger partial charge in [0.2, 0.25) is 5.91 Å². The Balaban J connectivity index is 1.62. The van der Waals surface area contributed by atoms with Gasteiger partial charge < -0.3 is 0 Å². The molecule has 3 aromatic rings. The fraction of sp³-hybridized carbons (Fsp3) is 0.333. The van der Waals surface area contributed by atoms with Gasteiger partial charge in [-0.2, -0.15) is 4.31 Å². The molecule has 0 aliphatic carbocycles. The zero-order valence-corrected chi connectivity index (χ0v) is 19.3. The third-order valence-corrected chi connectivity index (χ3v) is 9.35. The largest absolute Gasteiger partial charge is 0.274 e. The number of benzene rings is 1. The van der Waals surface area contributed by atoms with Crippen LogP contribution in [0.3, 0.4) is 0 Å². The van der Waals surface area contributed by atoms with Gasteiger partial charge in [-0.15, -0.1) is 22.7 Å². The fourth-order valence-corrected chi connectivity index (χ4v) is 7.36. The summed E-state index contributed by atoms with van der Waals surface area (Å²) in [5, 5.41) is 2.52. The Morgan fingerprint density at radius 1 is 1.17 bits per heavy atom. The standard InChI is InChI=1S/C21H23N3O3S3/c1-15-14-28-21(22-15)24(18-8-4-3-5-9-18)20(25)17-7-6-12-23(13-17)30(26,27)19-11-10-16(2)29-19/h3-5,8-11,14,17H,6-7,12-13H2,1-2H3. The van der Waals surface area contributed by atoms with Crippen molar-refractivity contribution < 1.29 is 13.2 Å². The minimum Gasteiger partial charge on any atom is -0.274 e. The van der Waals surface area contributed by atoms with Crippen molar-refractivity contribution in [2.24, 2.45) is 5.92 Å². The predicted molar refractivity (Wildman–Crippen MR) is 121 cm³/mol. The van der Waals surface area contributed by atoms with Crippen molar-refractivity contribution >= 4 is 49.4 Å². The molecule has 2 aromatic heterocycles. The third-order valence-electron chi connectivity index (χ3n) is 5.08. The van der Waals surface area contributed by atoms with Crippen molar-refractivity contribution in [3.05, 3.63) is 58.4 Å². The number of thiazole rings is 1. The van der Waals surface area contributed by atoms with Crippen molar-refractivity contribution in [1.29, 1.82) is 0 Å². The molecule has 3 heterocycles. The summed E-state index contributed by atoms with van der Waals surface area (Å²) < 4.78 is 28.0. The summed E-state index contributed by atoms with van der Waals surface area (Å²) in [5.41, 5.74) is 1.59. The highest BCUT2D eigenvalue weighted by Gasteiger charge is 2.37. The second-order valence-corrected chi connectivity index (χ2v) is 11.6. The van der Waals surface area contributed by atoms with E-state index in [0.717, 1.165) is 16.3 Å². The van der Waals surface area contributed by atoms with Crippen LogP contribution in [0.5, 0.6) is 0 Å². The molecule has 1 saturated heterocycles. The maximum absolute atomic E-state index is 13.6. The number of para-hydroxylation sites is 1. The summed E-state index contributed by atoms with van der Waals surface area (Å²) >= 11 is 2.68. The normalized spacial score (nSPS) is 17.7. The molecular weight excluding hydrogens is 438 g/mol. The van der Waals surface area contributed by atoms with Gasteiger partial charge in [-0.1, -0.05) is 18.2 Å². The fourth-order valence-electron chi connectivity index (χ4n) is 3.58. The van der Waals surface area contributed by atoms with Crippen LogP contribution in [0.2, 0.25) is 0 Å². The van der Waals surface area contributed by atoms with Crippen LogP contribution in [0.25, 0.3) is 0 Å². The lowest BCUT2D eigenvalue weighted by Gasteiger charge is -2.33. The summed E-state index contributed by atoms with van der Waals surface area (Å²) in [7, 11) is -3.59. The summed E-state index contributed by atoms with van der Waals surface area (Å²) in [4.78, 5) is 20.7. The molecule has 0 radical (unpaired) electrons. The van der Waals surface area contributed by atoms with Gasteiger partial charge >= 0.3 is 0 Å². The first-order valence-corrected chi connectivity index (χ1v) is 12.9. The number of sulfonamides is 1. The van der Waals surface area contributed by atoms with Crippen LogP contribution in [0.15, 0.2) is 52.1 Å². The van der Waals surface area contributed by atoms with E-state index in [2.05, 4.69) is 4.98 Å². The van der Waals surface area contributed by atoms with Gasteiger partial charge in [-0.25, -0.2) is 13.4 Å². The van der Waals surface area contributed by atoms with Crippen LogP contribution in [-0.2, 0) is 14.8 Å². The number of hydrogen-bond acceptors (Lipinski definition) is 6. The predicted octanol–water partition coefficient (Wildman–Crippen LogP) is 4.59. The molecule has 1 aromatic carbocycles. The number of hydrogen-bond donors (Lipinski definition) is 0. The van der Waals surface area contributed by atoms with E-state index in [1.807, 2.05) is 55.6 Å². The molecule has 0 spiro atoms. The van der Waals surface area contributed by atoms with Gasteiger partial charge in [0.05, 0.1) is 17.3 Å². The number of nitrogens with zero attached hydrogens (tertiary/aromatic N) is 3. The molecule has 1 atom stereocenters. The van der Waals surface area contributed by atoms with Gasteiger partial charge in [-0.05, 0) is 51.0 Å². The molecule has 30 heavy (non-hydrogen) atoms. The van der Waals surface area contributed by atoms with Crippen LogP contribution in [0.1, 0.15) is 23.4 Å². The number of carbonyl (C=O) groups excluding carboxylic acids is 1. The molecule has 4 rings (SSSR count). The first-order chi connectivity index (χ1) is 14.4. The van der Waals surface area contributed by atoms with Crippen LogP contribution >= 0.6 is 22.7 Å². The number of thiophene rings is 1. The van der Waals surface area contributed by atoms with Crippen molar-refractivity contribution in [2.75, 3.05) is 18.0 Å². The van der Waals surface area contributed by atoms with E-state index in [1.54, 1.807) is 11.0 Å². The molecule has 0 saturated carbocycles. The van der Waals surface area contributed by atoms with Gasteiger partial charge in [-0.3, -0.25) is 9.69 Å². The number of aryl methyl sites for hydroxylation is 2. The summed E-state index contributed by atoms with van der Waals surface area (Å²) in [6.07, 6.45) is 1.31. The van der Waals surface area contributed by atoms with E-state index in [1.165, 1.54) is 27.0 Å². The second-order valence-electron chi connectivity index (χ2n) is 7.35. The van der Waals surface area contributed by atoms with E-state index >= 15 is 0 Å². The van der Waals surface area contributed by atoms with Gasteiger partial charge in [0.15, 0.2) is 5.13 Å². The molecule has 1 fully saturated rings. The average Bonchev–Trinajstić information content (AvgIpc) is 3.38. The van der Waals surface area contributed by atoms with Crippen molar-refractivity contribution in [2.45, 2.75) is 30.9 Å². The zero-order chi connectivity index (χ0) is 21.3. The summed E-state index contributed by atoms with van der Waals surface area (Å²) in [6, 6.07) is 12.9. The van der Waals surface area contributed by atoms with Crippen molar-refractivity contribution in [1.82, 2.24) is 9.29 Å². The highest BCUT2D eigenvalue weighted by atomic mass is 32.2. The van der Waals surface area contributed by atoms with Crippen molar-refractivity contribution in [3.8, 4) is 0 Å². The van der Waals surface area contributed by atoms with E-state index < -0.39 is 15.9 Å². The molecule has 1 aliphatic rings. The lowest BCUT2D eigenvalue weighted by atomic mass is 9.98. The Morgan fingerprint density at radius 3 is 2.57 bits per heavy atom. The monoisotopic (exact) mass is 461 g/mol. The Labute approximate surface area is 184 Å². The number of amides is 1.